The van der Waals surface area contributed by atoms with Gasteiger partial charge in [0.1, 0.15) is 0 Å². The summed E-state index contributed by atoms with van der Waals surface area (Å²) in [7, 11) is 0. The van der Waals surface area contributed by atoms with Crippen molar-refractivity contribution in [2.45, 2.75) is 34.6 Å². The summed E-state index contributed by atoms with van der Waals surface area (Å²) in [5.74, 6) is 0.0708. The molecule has 0 heterocycles. The van der Waals surface area contributed by atoms with Gasteiger partial charge < -0.3 is 22.2 Å². The lowest BCUT2D eigenvalue weighted by Crippen LogP contribution is -3.12. The maximum atomic E-state index is 12.5. The van der Waals surface area contributed by atoms with Crippen LogP contribution in [0.15, 0.2) is 30.4 Å². The Balaban J connectivity index is 0.00000441. The van der Waals surface area contributed by atoms with E-state index < -0.39 is 0 Å². The van der Waals surface area contributed by atoms with Gasteiger partial charge in [-0.25, -0.2) is 0 Å². The minimum Gasteiger partial charge on any atom is -1.00 e. The molecule has 22 heavy (non-hydrogen) atoms. The van der Waals surface area contributed by atoms with Crippen LogP contribution >= 0.6 is 0 Å². The predicted molar refractivity (Wildman–Crippen MR) is 90.0 cm³/mol. The van der Waals surface area contributed by atoms with Crippen LogP contribution in [-0.2, 0) is 4.79 Å². The van der Waals surface area contributed by atoms with Crippen LogP contribution in [-0.4, -0.2) is 32.1 Å². The summed E-state index contributed by atoms with van der Waals surface area (Å²) in [6, 6.07) is 6.19. The zero-order valence-electron chi connectivity index (χ0n) is 14.4. The van der Waals surface area contributed by atoms with Gasteiger partial charge in [0.05, 0.1) is 31.9 Å². The minimum atomic E-state index is 0. The van der Waals surface area contributed by atoms with Gasteiger partial charge in [-0.15, -0.1) is 0 Å². The van der Waals surface area contributed by atoms with Crippen LogP contribution < -0.4 is 22.2 Å². The van der Waals surface area contributed by atoms with Gasteiger partial charge in [0.15, 0.2) is 0 Å². The molecule has 0 spiro atoms. The Bertz CT molecular complexity index is 476. The molecule has 0 unspecified atom stereocenters. The number of aryl methyl sites for hydroxylation is 2. The van der Waals surface area contributed by atoms with Crippen molar-refractivity contribution in [3.05, 3.63) is 41.5 Å². The normalized spacial score (nSPS) is 10.8. The second kappa shape index (κ2) is 10.4. The van der Waals surface area contributed by atoms with E-state index >= 15 is 0 Å². The number of halogens is 1. The van der Waals surface area contributed by atoms with Crippen LogP contribution in [0.25, 0.3) is 0 Å². The summed E-state index contributed by atoms with van der Waals surface area (Å²) in [5, 5.41) is 0. The highest BCUT2D eigenvalue weighted by Gasteiger charge is 2.19. The lowest BCUT2D eigenvalue weighted by Gasteiger charge is -2.27. The van der Waals surface area contributed by atoms with E-state index in [-0.39, 0.29) is 18.3 Å². The number of nitrogens with zero attached hydrogens (tertiary/aromatic N) is 1. The molecule has 1 aromatic carbocycles. The number of allylic oxidation sites excluding steroid dienone is 1. The highest BCUT2D eigenvalue weighted by Crippen LogP contribution is 2.24. The Morgan fingerprint density at radius 1 is 1.18 bits per heavy atom. The molecule has 1 rings (SSSR count). The summed E-state index contributed by atoms with van der Waals surface area (Å²) in [5.41, 5.74) is 3.37. The average molecular weight is 325 g/mol. The van der Waals surface area contributed by atoms with Gasteiger partial charge in [0.2, 0.25) is 0 Å². The number of para-hydroxylation sites is 1. The minimum absolute atomic E-state index is 0. The standard InChI is InChI=1S/C18H28N2O.ClH/c1-6-10-17(21)20(14-13-19(7-2)8-3)18-15(4)11-9-12-16(18)5;/h6,9-12H,7-8,13-14H2,1-5H3;1H/b10-6+;. The number of anilines is 1. The summed E-state index contributed by atoms with van der Waals surface area (Å²) >= 11 is 0. The second-order valence-corrected chi connectivity index (χ2v) is 5.44. The fourth-order valence-corrected chi connectivity index (χ4v) is 2.67. The molecule has 0 fully saturated rings. The highest BCUT2D eigenvalue weighted by molar-refractivity contribution is 6.02. The van der Waals surface area contributed by atoms with Gasteiger partial charge in [0.25, 0.3) is 5.91 Å². The van der Waals surface area contributed by atoms with Gasteiger partial charge >= 0.3 is 0 Å². The van der Waals surface area contributed by atoms with E-state index in [1.807, 2.05) is 24.0 Å². The maximum Gasteiger partial charge on any atom is 0.250 e. The molecule has 0 saturated heterocycles. The van der Waals surface area contributed by atoms with Crippen molar-refractivity contribution in [1.29, 1.82) is 0 Å². The van der Waals surface area contributed by atoms with Gasteiger partial charge in [-0.05, 0) is 51.8 Å². The molecule has 0 aliphatic rings. The average Bonchev–Trinajstić information content (AvgIpc) is 2.46. The number of likely N-dealkylation sites (N-methyl/N-ethyl adjacent to an activating group) is 1. The monoisotopic (exact) mass is 324 g/mol. The molecule has 0 saturated carbocycles. The van der Waals surface area contributed by atoms with Crippen molar-refractivity contribution in [2.24, 2.45) is 0 Å². The Labute approximate surface area is 141 Å². The summed E-state index contributed by atoms with van der Waals surface area (Å²) < 4.78 is 0. The van der Waals surface area contributed by atoms with Crippen LogP contribution in [0.2, 0.25) is 0 Å². The molecule has 1 amide bonds. The summed E-state index contributed by atoms with van der Waals surface area (Å²) in [6.45, 7) is 14.3. The summed E-state index contributed by atoms with van der Waals surface area (Å²) in [4.78, 5) is 15.9. The van der Waals surface area contributed by atoms with E-state index in [1.54, 1.807) is 6.08 Å². The van der Waals surface area contributed by atoms with Gasteiger partial charge in [0, 0.05) is 0 Å². The SMILES string of the molecule is C/C=C/C(=O)N(CC[NH+](CC)CC)c1c(C)cccc1C.[Cl-]. The van der Waals surface area contributed by atoms with Crippen molar-refractivity contribution in [1.82, 2.24) is 0 Å². The molecule has 1 aromatic rings. The maximum absolute atomic E-state index is 12.5. The van der Waals surface area contributed by atoms with Crippen LogP contribution in [0, 0.1) is 13.8 Å². The lowest BCUT2D eigenvalue weighted by atomic mass is 10.1. The number of nitrogens with one attached hydrogen (secondary N) is 1. The molecule has 4 heteroatoms. The first-order valence-corrected chi connectivity index (χ1v) is 7.89. The van der Waals surface area contributed by atoms with E-state index in [0.717, 1.165) is 43.0 Å². The van der Waals surface area contributed by atoms with Crippen LogP contribution in [0.5, 0.6) is 0 Å². The molecule has 0 aliphatic carbocycles. The Kier molecular flexibility index (Phi) is 9.79. The van der Waals surface area contributed by atoms with E-state index in [1.165, 1.54) is 4.90 Å². The van der Waals surface area contributed by atoms with E-state index in [0.29, 0.717) is 0 Å². The first-order chi connectivity index (χ1) is 10.0. The van der Waals surface area contributed by atoms with Gasteiger partial charge in [-0.2, -0.15) is 0 Å². The number of quaternary nitrogens is 1. The van der Waals surface area contributed by atoms with Crippen molar-refractivity contribution < 1.29 is 22.1 Å². The van der Waals surface area contributed by atoms with Crippen molar-refractivity contribution in [2.75, 3.05) is 31.1 Å². The fraction of sp³-hybridized carbons (Fsp3) is 0.500. The topological polar surface area (TPSA) is 24.8 Å². The predicted octanol–water partition coefficient (Wildman–Crippen LogP) is -0.859. The molecule has 0 atom stereocenters. The largest absolute Gasteiger partial charge is 1.00 e. The summed E-state index contributed by atoms with van der Waals surface area (Å²) in [6.07, 6.45) is 3.47. The molecule has 0 radical (unpaired) electrons. The van der Waals surface area contributed by atoms with E-state index in [2.05, 4.69) is 39.8 Å². The fourth-order valence-electron chi connectivity index (χ4n) is 2.67. The number of hydrogen-bond acceptors (Lipinski definition) is 1. The molecular formula is C18H29ClN2O. The first kappa shape index (κ1) is 20.7. The van der Waals surface area contributed by atoms with Crippen LogP contribution in [0.3, 0.4) is 0 Å². The van der Waals surface area contributed by atoms with Crippen LogP contribution in [0.1, 0.15) is 31.9 Å². The Hall–Kier alpha value is -1.32. The van der Waals surface area contributed by atoms with Gasteiger partial charge in [-0.1, -0.05) is 24.3 Å². The third-order valence-electron chi connectivity index (χ3n) is 3.97. The molecular weight excluding hydrogens is 296 g/mol. The number of amides is 1. The quantitative estimate of drug-likeness (QED) is 0.649. The molecule has 0 bridgehead atoms. The second-order valence-electron chi connectivity index (χ2n) is 5.44. The smallest absolute Gasteiger partial charge is 0.250 e. The molecule has 124 valence electrons. The number of carbonyl (C=O) groups excluding carboxylic acids is 1. The Morgan fingerprint density at radius 3 is 2.18 bits per heavy atom. The molecule has 0 aliphatic heterocycles. The Morgan fingerprint density at radius 2 is 1.73 bits per heavy atom. The molecule has 0 aromatic heterocycles. The third kappa shape index (κ3) is 5.47. The van der Waals surface area contributed by atoms with Crippen molar-refractivity contribution in [3.63, 3.8) is 0 Å². The number of rotatable bonds is 7. The highest BCUT2D eigenvalue weighted by atomic mass is 35.5. The first-order valence-electron chi connectivity index (χ1n) is 7.89. The number of carbonyl (C=O) groups is 1. The zero-order chi connectivity index (χ0) is 15.8. The molecule has 1 N–H and O–H groups in total. The van der Waals surface area contributed by atoms with Crippen LogP contribution in [0.4, 0.5) is 5.69 Å². The number of benzene rings is 1. The van der Waals surface area contributed by atoms with E-state index in [9.17, 15) is 4.79 Å². The zero-order valence-corrected chi connectivity index (χ0v) is 15.2. The van der Waals surface area contributed by atoms with E-state index in [4.69, 9.17) is 0 Å². The number of hydrogen-bond donors (Lipinski definition) is 1. The van der Waals surface area contributed by atoms with Crippen molar-refractivity contribution in [3.8, 4) is 0 Å². The third-order valence-corrected chi connectivity index (χ3v) is 3.97. The van der Waals surface area contributed by atoms with Gasteiger partial charge in [-0.3, -0.25) is 4.79 Å². The molecule has 3 nitrogen and oxygen atoms in total. The van der Waals surface area contributed by atoms with Crippen molar-refractivity contribution >= 4 is 11.6 Å². The lowest BCUT2D eigenvalue weighted by molar-refractivity contribution is -0.894.